The summed E-state index contributed by atoms with van der Waals surface area (Å²) in [4.78, 5) is 31.3. The molecule has 2 aliphatic heterocycles. The highest BCUT2D eigenvalue weighted by molar-refractivity contribution is 5.92. The number of fused-ring (bicyclic) bond motifs is 2. The number of nitrogens with zero attached hydrogens (tertiary/aromatic N) is 3. The number of rotatable bonds is 4. The molecule has 0 radical (unpaired) electrons. The molecule has 0 saturated heterocycles. The molecule has 5 rings (SSSR count). The van der Waals surface area contributed by atoms with Crippen LogP contribution in [0.5, 0.6) is 0 Å². The number of hydrogen-bond donors (Lipinski definition) is 1. The maximum absolute atomic E-state index is 12.9. The smallest absolute Gasteiger partial charge is 0.226 e. The highest BCUT2D eigenvalue weighted by Gasteiger charge is 2.28. The molecule has 0 bridgehead atoms. The summed E-state index contributed by atoms with van der Waals surface area (Å²) in [5.74, 6) is 0.776. The van der Waals surface area contributed by atoms with Crippen LogP contribution >= 0.6 is 0 Å². The Bertz CT molecular complexity index is 1190. The van der Waals surface area contributed by atoms with Gasteiger partial charge in [-0.15, -0.1) is 0 Å². The van der Waals surface area contributed by atoms with E-state index in [1.165, 1.54) is 25.5 Å². The fourth-order valence-corrected chi connectivity index (χ4v) is 4.67. The largest absolute Gasteiger partial charge is 0.328 e. The lowest BCUT2D eigenvalue weighted by molar-refractivity contribution is -0.129. The molecule has 0 spiro atoms. The number of nitrogens with one attached hydrogen (secondary N) is 1. The van der Waals surface area contributed by atoms with Crippen molar-refractivity contribution in [2.45, 2.75) is 45.2 Å². The van der Waals surface area contributed by atoms with Crippen LogP contribution in [0.15, 0.2) is 60.9 Å². The SMILES string of the molecule is CC(=O)N1C=Cc2ccccc2C1CC(=O)Nc1ccc(-c2ncc3n2CCCC3)cc1. The average Bonchev–Trinajstić information content (AvgIpc) is 3.24. The van der Waals surface area contributed by atoms with Gasteiger partial charge < -0.3 is 14.8 Å². The first-order valence-electron chi connectivity index (χ1n) is 11.1. The Balaban J connectivity index is 1.30. The van der Waals surface area contributed by atoms with E-state index in [4.69, 9.17) is 0 Å². The monoisotopic (exact) mass is 426 g/mol. The fraction of sp³-hybridized carbons (Fsp3) is 0.269. The molecule has 1 aromatic heterocycles. The van der Waals surface area contributed by atoms with E-state index in [0.717, 1.165) is 41.2 Å². The van der Waals surface area contributed by atoms with Gasteiger partial charge in [0.15, 0.2) is 0 Å². The van der Waals surface area contributed by atoms with Crippen molar-refractivity contribution in [3.8, 4) is 11.4 Å². The molecule has 3 aromatic rings. The van der Waals surface area contributed by atoms with Crippen molar-refractivity contribution in [2.75, 3.05) is 5.32 Å². The quantitative estimate of drug-likeness (QED) is 0.652. The summed E-state index contributed by atoms with van der Waals surface area (Å²) < 4.78 is 2.29. The molecule has 2 aliphatic rings. The van der Waals surface area contributed by atoms with Gasteiger partial charge in [0.05, 0.1) is 12.5 Å². The van der Waals surface area contributed by atoms with Gasteiger partial charge in [0.2, 0.25) is 11.8 Å². The van der Waals surface area contributed by atoms with Crippen LogP contribution in [0, 0.1) is 0 Å². The summed E-state index contributed by atoms with van der Waals surface area (Å²) in [7, 11) is 0. The molecule has 6 heteroatoms. The third-order valence-corrected chi connectivity index (χ3v) is 6.28. The maximum atomic E-state index is 12.9. The van der Waals surface area contributed by atoms with Crippen molar-refractivity contribution < 1.29 is 9.59 Å². The van der Waals surface area contributed by atoms with Gasteiger partial charge in [-0.2, -0.15) is 0 Å². The van der Waals surface area contributed by atoms with Gasteiger partial charge in [0, 0.05) is 42.8 Å². The number of anilines is 1. The first-order valence-corrected chi connectivity index (χ1v) is 11.1. The molecule has 6 nitrogen and oxygen atoms in total. The predicted octanol–water partition coefficient (Wildman–Crippen LogP) is 4.79. The van der Waals surface area contributed by atoms with Crippen LogP contribution in [-0.2, 0) is 22.6 Å². The second-order valence-corrected chi connectivity index (χ2v) is 8.40. The van der Waals surface area contributed by atoms with E-state index in [0.29, 0.717) is 0 Å². The minimum Gasteiger partial charge on any atom is -0.328 e. The molecule has 162 valence electrons. The average molecular weight is 427 g/mol. The summed E-state index contributed by atoms with van der Waals surface area (Å²) in [5, 5.41) is 2.99. The zero-order valence-corrected chi connectivity index (χ0v) is 18.1. The van der Waals surface area contributed by atoms with Crippen LogP contribution in [0.3, 0.4) is 0 Å². The second kappa shape index (κ2) is 8.46. The Morgan fingerprint density at radius 2 is 1.91 bits per heavy atom. The Morgan fingerprint density at radius 3 is 2.72 bits per heavy atom. The summed E-state index contributed by atoms with van der Waals surface area (Å²) in [6.07, 6.45) is 9.33. The van der Waals surface area contributed by atoms with Gasteiger partial charge in [0.1, 0.15) is 5.82 Å². The summed E-state index contributed by atoms with van der Waals surface area (Å²) >= 11 is 0. The Kier molecular flexibility index (Phi) is 5.35. The van der Waals surface area contributed by atoms with Crippen LogP contribution in [0.2, 0.25) is 0 Å². The van der Waals surface area contributed by atoms with E-state index < -0.39 is 0 Å². The predicted molar refractivity (Wildman–Crippen MR) is 125 cm³/mol. The summed E-state index contributed by atoms with van der Waals surface area (Å²) in [6, 6.07) is 15.4. The van der Waals surface area contributed by atoms with Crippen LogP contribution in [0.1, 0.15) is 49.0 Å². The molecular weight excluding hydrogens is 400 g/mol. The lowest BCUT2D eigenvalue weighted by Crippen LogP contribution is -2.33. The highest BCUT2D eigenvalue weighted by atomic mass is 16.2. The van der Waals surface area contributed by atoms with Gasteiger partial charge in [-0.3, -0.25) is 9.59 Å². The molecule has 1 N–H and O–H groups in total. The zero-order chi connectivity index (χ0) is 22.1. The maximum Gasteiger partial charge on any atom is 0.226 e. The van der Waals surface area contributed by atoms with Gasteiger partial charge in [0.25, 0.3) is 0 Å². The number of aromatic nitrogens is 2. The van der Waals surface area contributed by atoms with E-state index in [-0.39, 0.29) is 24.3 Å². The number of amides is 2. The van der Waals surface area contributed by atoms with Crippen LogP contribution in [-0.4, -0.2) is 26.3 Å². The van der Waals surface area contributed by atoms with Gasteiger partial charge in [-0.05, 0) is 60.7 Å². The van der Waals surface area contributed by atoms with Gasteiger partial charge in [-0.1, -0.05) is 24.3 Å². The lowest BCUT2D eigenvalue weighted by Gasteiger charge is -2.32. The standard InChI is InChI=1S/C26H26N4O2/c1-18(31)29-15-13-19-6-2-3-8-23(19)24(29)16-25(32)28-21-11-9-20(10-12-21)26-27-17-22-7-4-5-14-30(22)26/h2-3,6,8-13,15,17,24H,4-5,7,14,16H2,1H3,(H,28,32). The third kappa shape index (κ3) is 3.84. The van der Waals surface area contributed by atoms with Crippen LogP contribution in [0.4, 0.5) is 5.69 Å². The van der Waals surface area contributed by atoms with Crippen molar-refractivity contribution in [3.63, 3.8) is 0 Å². The molecule has 0 fully saturated rings. The molecule has 1 unspecified atom stereocenters. The normalized spacial score (nSPS) is 16.9. The fourth-order valence-electron chi connectivity index (χ4n) is 4.67. The molecular formula is C26H26N4O2. The topological polar surface area (TPSA) is 67.2 Å². The minimum atomic E-state index is -0.315. The minimum absolute atomic E-state index is 0.0825. The summed E-state index contributed by atoms with van der Waals surface area (Å²) in [6.45, 7) is 2.53. The number of hydrogen-bond acceptors (Lipinski definition) is 3. The summed E-state index contributed by atoms with van der Waals surface area (Å²) in [5.41, 5.74) is 5.10. The van der Waals surface area contributed by atoms with E-state index in [1.54, 1.807) is 11.1 Å². The molecule has 1 atom stereocenters. The Labute approximate surface area is 187 Å². The van der Waals surface area contributed by atoms with E-state index in [1.807, 2.05) is 60.8 Å². The number of imidazole rings is 1. The van der Waals surface area contributed by atoms with Gasteiger partial charge >= 0.3 is 0 Å². The van der Waals surface area contributed by atoms with Crippen LogP contribution < -0.4 is 5.32 Å². The zero-order valence-electron chi connectivity index (χ0n) is 18.1. The first-order chi connectivity index (χ1) is 15.6. The molecule has 32 heavy (non-hydrogen) atoms. The Morgan fingerprint density at radius 1 is 1.09 bits per heavy atom. The van der Waals surface area contributed by atoms with E-state index in [9.17, 15) is 9.59 Å². The van der Waals surface area contributed by atoms with E-state index >= 15 is 0 Å². The molecule has 2 aromatic carbocycles. The first kappa shape index (κ1) is 20.2. The van der Waals surface area contributed by atoms with Gasteiger partial charge in [-0.25, -0.2) is 4.98 Å². The number of carbonyl (C=O) groups is 2. The molecule has 2 amide bonds. The number of aryl methyl sites for hydroxylation is 1. The van der Waals surface area contributed by atoms with Crippen LogP contribution in [0.25, 0.3) is 17.5 Å². The number of carbonyl (C=O) groups excluding carboxylic acids is 2. The van der Waals surface area contributed by atoms with Crippen molar-refractivity contribution in [1.82, 2.24) is 14.5 Å². The molecule has 3 heterocycles. The highest BCUT2D eigenvalue weighted by Crippen LogP contribution is 2.33. The lowest BCUT2D eigenvalue weighted by atomic mass is 9.93. The third-order valence-electron chi connectivity index (χ3n) is 6.28. The number of benzene rings is 2. The second-order valence-electron chi connectivity index (χ2n) is 8.40. The van der Waals surface area contributed by atoms with Crippen molar-refractivity contribution in [3.05, 3.63) is 77.7 Å². The molecule has 0 aliphatic carbocycles. The van der Waals surface area contributed by atoms with Crippen molar-refractivity contribution in [2.24, 2.45) is 0 Å². The molecule has 0 saturated carbocycles. The van der Waals surface area contributed by atoms with Crippen molar-refractivity contribution >= 4 is 23.6 Å². The van der Waals surface area contributed by atoms with E-state index in [2.05, 4.69) is 14.9 Å². The Hall–Kier alpha value is -3.67. The van der Waals surface area contributed by atoms with Crippen molar-refractivity contribution in [1.29, 1.82) is 0 Å².